The van der Waals surface area contributed by atoms with Gasteiger partial charge in [-0.25, -0.2) is 14.4 Å². The van der Waals surface area contributed by atoms with Crippen LogP contribution < -0.4 is 10.6 Å². The van der Waals surface area contributed by atoms with E-state index < -0.39 is 24.0 Å². The summed E-state index contributed by atoms with van der Waals surface area (Å²) in [6.07, 6.45) is 0. The molecule has 136 valence electrons. The number of rotatable bonds is 6. The van der Waals surface area contributed by atoms with E-state index in [0.717, 1.165) is 4.88 Å². The third-order valence-corrected chi connectivity index (χ3v) is 5.33. The molecule has 0 bridgehead atoms. The van der Waals surface area contributed by atoms with Gasteiger partial charge in [0.25, 0.3) is 0 Å². The average Bonchev–Trinajstić information content (AvgIpc) is 3.32. The molecule has 0 unspecified atom stereocenters. The Kier molecular flexibility index (Phi) is 5.69. The fraction of sp³-hybridized carbons (Fsp3) is 0.235. The van der Waals surface area contributed by atoms with Crippen molar-refractivity contribution in [2.75, 3.05) is 13.2 Å². The number of urea groups is 1. The van der Waals surface area contributed by atoms with E-state index in [1.165, 1.54) is 22.7 Å². The van der Waals surface area contributed by atoms with Crippen LogP contribution >= 0.6 is 22.7 Å². The Morgan fingerprint density at radius 2 is 1.88 bits per heavy atom. The largest absolute Gasteiger partial charge is 0.463 e. The van der Waals surface area contributed by atoms with Crippen LogP contribution in [-0.4, -0.2) is 31.2 Å². The lowest BCUT2D eigenvalue weighted by atomic mass is 10.0. The average molecular weight is 392 g/mol. The molecule has 7 nitrogen and oxygen atoms in total. The lowest BCUT2D eigenvalue weighted by Gasteiger charge is -2.28. The van der Waals surface area contributed by atoms with E-state index in [2.05, 4.69) is 10.6 Å². The third kappa shape index (κ3) is 3.94. The smallest absolute Gasteiger partial charge is 0.348 e. The van der Waals surface area contributed by atoms with Crippen molar-refractivity contribution in [3.05, 3.63) is 56.1 Å². The van der Waals surface area contributed by atoms with Crippen molar-refractivity contribution in [3.8, 4) is 0 Å². The highest BCUT2D eigenvalue weighted by atomic mass is 32.1. The van der Waals surface area contributed by atoms with Crippen LogP contribution in [0.5, 0.6) is 0 Å². The second-order valence-electron chi connectivity index (χ2n) is 5.21. The van der Waals surface area contributed by atoms with Gasteiger partial charge in [-0.2, -0.15) is 0 Å². The molecule has 9 heteroatoms. The van der Waals surface area contributed by atoms with E-state index in [9.17, 15) is 14.4 Å². The Balaban J connectivity index is 1.89. The molecule has 26 heavy (non-hydrogen) atoms. The van der Waals surface area contributed by atoms with E-state index >= 15 is 0 Å². The molecule has 3 heterocycles. The summed E-state index contributed by atoms with van der Waals surface area (Å²) in [5, 5.41) is 8.89. The molecule has 0 fully saturated rings. The topological polar surface area (TPSA) is 93.7 Å². The highest BCUT2D eigenvalue weighted by Crippen LogP contribution is 2.30. The van der Waals surface area contributed by atoms with Crippen molar-refractivity contribution < 1.29 is 23.9 Å². The highest BCUT2D eigenvalue weighted by Gasteiger charge is 2.34. The molecule has 0 aliphatic carbocycles. The Morgan fingerprint density at radius 1 is 1.12 bits per heavy atom. The summed E-state index contributed by atoms with van der Waals surface area (Å²) in [5.74, 6) is -1.09. The number of esters is 2. The maximum Gasteiger partial charge on any atom is 0.348 e. The molecule has 2 N–H and O–H groups in total. The first kappa shape index (κ1) is 18.2. The van der Waals surface area contributed by atoms with Gasteiger partial charge in [-0.1, -0.05) is 12.1 Å². The monoisotopic (exact) mass is 392 g/mol. The molecule has 2 aromatic heterocycles. The van der Waals surface area contributed by atoms with Crippen LogP contribution in [-0.2, 0) is 14.3 Å². The minimum atomic E-state index is -0.654. The Morgan fingerprint density at radius 3 is 2.54 bits per heavy atom. The standard InChI is InChI=1S/C17H16N2O5S2/c1-2-23-16(21)13-10(9-24-15(20)12-6-4-8-26-12)18-17(22)19-14(13)11-5-3-7-25-11/h3-8,14H,2,9H2,1H3,(H2,18,19,22)/t14-/m0/s1. The van der Waals surface area contributed by atoms with Gasteiger partial charge in [0.2, 0.25) is 0 Å². The van der Waals surface area contributed by atoms with Gasteiger partial charge in [-0.15, -0.1) is 22.7 Å². The van der Waals surface area contributed by atoms with Crippen LogP contribution in [0.1, 0.15) is 27.5 Å². The zero-order valence-electron chi connectivity index (χ0n) is 13.8. The molecule has 1 aliphatic rings. The van der Waals surface area contributed by atoms with Crippen molar-refractivity contribution in [1.82, 2.24) is 10.6 Å². The number of carbonyl (C=O) groups is 3. The SMILES string of the molecule is CCOC(=O)C1=C(COC(=O)c2cccs2)NC(=O)N[C@H]1c1cccs1. The minimum Gasteiger partial charge on any atom is -0.463 e. The van der Waals surface area contributed by atoms with Gasteiger partial charge < -0.3 is 20.1 Å². The summed E-state index contributed by atoms with van der Waals surface area (Å²) < 4.78 is 10.4. The van der Waals surface area contributed by atoms with Gasteiger partial charge in [-0.05, 0) is 29.8 Å². The summed E-state index contributed by atoms with van der Waals surface area (Å²) in [4.78, 5) is 37.8. The molecule has 0 saturated carbocycles. The van der Waals surface area contributed by atoms with Crippen LogP contribution in [0.3, 0.4) is 0 Å². The number of carbonyl (C=O) groups excluding carboxylic acids is 3. The first-order chi connectivity index (χ1) is 12.6. The predicted octanol–water partition coefficient (Wildman–Crippen LogP) is 2.84. The molecule has 0 aromatic carbocycles. The second kappa shape index (κ2) is 8.15. The quantitative estimate of drug-likeness (QED) is 0.738. The minimum absolute atomic E-state index is 0.190. The van der Waals surface area contributed by atoms with Gasteiger partial charge in [0, 0.05) is 4.88 Å². The number of amides is 2. The lowest BCUT2D eigenvalue weighted by molar-refractivity contribution is -0.139. The lowest BCUT2D eigenvalue weighted by Crippen LogP contribution is -2.46. The van der Waals surface area contributed by atoms with Crippen LogP contribution in [0, 0.1) is 0 Å². The van der Waals surface area contributed by atoms with Gasteiger partial charge in [-0.3, -0.25) is 0 Å². The maximum absolute atomic E-state index is 12.5. The molecule has 0 radical (unpaired) electrons. The summed E-state index contributed by atoms with van der Waals surface area (Å²) in [5.41, 5.74) is 0.448. The van der Waals surface area contributed by atoms with Crippen molar-refractivity contribution >= 4 is 40.6 Å². The number of ether oxygens (including phenoxy) is 2. The summed E-state index contributed by atoms with van der Waals surface area (Å²) in [6.45, 7) is 1.65. The van der Waals surface area contributed by atoms with Crippen LogP contribution in [0.4, 0.5) is 4.79 Å². The van der Waals surface area contributed by atoms with E-state index in [1.807, 2.05) is 17.5 Å². The molecule has 2 amide bonds. The van der Waals surface area contributed by atoms with E-state index in [0.29, 0.717) is 4.88 Å². The number of hydrogen-bond donors (Lipinski definition) is 2. The molecule has 2 aromatic rings. The van der Waals surface area contributed by atoms with Crippen molar-refractivity contribution in [3.63, 3.8) is 0 Å². The predicted molar refractivity (Wildman–Crippen MR) is 97.0 cm³/mol. The molecular weight excluding hydrogens is 376 g/mol. The van der Waals surface area contributed by atoms with Crippen molar-refractivity contribution in [2.45, 2.75) is 13.0 Å². The van der Waals surface area contributed by atoms with Gasteiger partial charge in [0.1, 0.15) is 11.5 Å². The van der Waals surface area contributed by atoms with Crippen LogP contribution in [0.2, 0.25) is 0 Å². The maximum atomic E-state index is 12.5. The van der Waals surface area contributed by atoms with Crippen LogP contribution in [0.25, 0.3) is 0 Å². The first-order valence-electron chi connectivity index (χ1n) is 7.81. The Labute approximate surface area is 157 Å². The molecule has 1 atom stereocenters. The van der Waals surface area contributed by atoms with Gasteiger partial charge in [0.15, 0.2) is 0 Å². The van der Waals surface area contributed by atoms with E-state index in [4.69, 9.17) is 9.47 Å². The van der Waals surface area contributed by atoms with Crippen molar-refractivity contribution in [2.24, 2.45) is 0 Å². The normalized spacial score (nSPS) is 16.7. The zero-order valence-corrected chi connectivity index (χ0v) is 15.4. The molecule has 0 spiro atoms. The van der Waals surface area contributed by atoms with Gasteiger partial charge >= 0.3 is 18.0 Å². The highest BCUT2D eigenvalue weighted by molar-refractivity contribution is 7.12. The fourth-order valence-corrected chi connectivity index (χ4v) is 3.85. The summed E-state index contributed by atoms with van der Waals surface area (Å²) >= 11 is 2.66. The fourth-order valence-electron chi connectivity index (χ4n) is 2.45. The van der Waals surface area contributed by atoms with Crippen molar-refractivity contribution in [1.29, 1.82) is 0 Å². The summed E-state index contributed by atoms with van der Waals surface area (Å²) in [7, 11) is 0. The Bertz CT molecular complexity index is 827. The number of nitrogens with one attached hydrogen (secondary N) is 2. The first-order valence-corrected chi connectivity index (χ1v) is 9.57. The number of hydrogen-bond acceptors (Lipinski definition) is 7. The molecule has 1 aliphatic heterocycles. The molecular formula is C17H16N2O5S2. The third-order valence-electron chi connectivity index (χ3n) is 3.55. The van der Waals surface area contributed by atoms with E-state index in [1.54, 1.807) is 24.4 Å². The zero-order chi connectivity index (χ0) is 18.5. The second-order valence-corrected chi connectivity index (χ2v) is 7.14. The number of thiophene rings is 2. The van der Waals surface area contributed by atoms with Crippen LogP contribution in [0.15, 0.2) is 46.3 Å². The van der Waals surface area contributed by atoms with E-state index in [-0.39, 0.29) is 24.5 Å². The Hall–Kier alpha value is -2.65. The summed E-state index contributed by atoms with van der Waals surface area (Å²) in [6, 6.07) is 5.90. The molecule has 3 rings (SSSR count). The van der Waals surface area contributed by atoms with Gasteiger partial charge in [0.05, 0.1) is 23.9 Å². The molecule has 0 saturated heterocycles.